The summed E-state index contributed by atoms with van der Waals surface area (Å²) in [6.07, 6.45) is 2.73. The minimum Gasteiger partial charge on any atom is -0.496 e. The third-order valence-electron chi connectivity index (χ3n) is 4.09. The fraction of sp³-hybridized carbons (Fsp3) is 0.250. The lowest BCUT2D eigenvalue weighted by Crippen LogP contribution is -2.30. The maximum Gasteiger partial charge on any atom is 0.257 e. The van der Waals surface area contributed by atoms with Gasteiger partial charge in [-0.05, 0) is 18.1 Å². The van der Waals surface area contributed by atoms with Crippen LogP contribution in [0.5, 0.6) is 17.2 Å². The molecule has 0 aliphatic rings. The molecule has 0 unspecified atom stereocenters. The highest BCUT2D eigenvalue weighted by molar-refractivity contribution is 5.83. The number of carbonyl (C=O) groups is 1. The van der Waals surface area contributed by atoms with Crippen molar-refractivity contribution < 1.29 is 19.0 Å². The third-order valence-corrected chi connectivity index (χ3v) is 4.09. The number of methoxy groups -OCH3 is 2. The molecule has 1 amide bonds. The van der Waals surface area contributed by atoms with Gasteiger partial charge in [-0.3, -0.25) is 4.79 Å². The summed E-state index contributed by atoms with van der Waals surface area (Å²) in [4.78, 5) is 15.2. The van der Waals surface area contributed by atoms with Crippen LogP contribution in [-0.4, -0.2) is 38.3 Å². The fourth-order valence-corrected chi connectivity index (χ4v) is 2.74. The van der Waals surface area contributed by atoms with Gasteiger partial charge in [-0.15, -0.1) is 0 Å². The molecule has 0 saturated carbocycles. The van der Waals surface area contributed by atoms with Crippen LogP contribution < -0.4 is 19.5 Å². The number of aromatic nitrogens is 1. The smallest absolute Gasteiger partial charge is 0.257 e. The second-order valence-corrected chi connectivity index (χ2v) is 5.80. The van der Waals surface area contributed by atoms with E-state index in [1.54, 1.807) is 32.4 Å². The molecular formula is C20H22N2O4. The molecule has 1 heterocycles. The van der Waals surface area contributed by atoms with Crippen molar-refractivity contribution in [1.29, 1.82) is 0 Å². The van der Waals surface area contributed by atoms with Gasteiger partial charge in [0, 0.05) is 41.8 Å². The molecule has 136 valence electrons. The zero-order chi connectivity index (χ0) is 18.4. The fourth-order valence-electron chi connectivity index (χ4n) is 2.74. The normalized spacial score (nSPS) is 10.5. The molecular weight excluding hydrogens is 332 g/mol. The van der Waals surface area contributed by atoms with Crippen LogP contribution in [0.2, 0.25) is 0 Å². The Morgan fingerprint density at radius 3 is 2.46 bits per heavy atom. The molecule has 0 saturated heterocycles. The number of fused-ring (bicyclic) bond motifs is 1. The van der Waals surface area contributed by atoms with Crippen LogP contribution >= 0.6 is 0 Å². The average Bonchev–Trinajstić information content (AvgIpc) is 3.09. The highest BCUT2D eigenvalue weighted by Gasteiger charge is 2.07. The van der Waals surface area contributed by atoms with Crippen molar-refractivity contribution in [3.63, 3.8) is 0 Å². The minimum atomic E-state index is -0.174. The number of aromatic amines is 1. The van der Waals surface area contributed by atoms with Crippen molar-refractivity contribution in [2.75, 3.05) is 27.4 Å². The summed E-state index contributed by atoms with van der Waals surface area (Å²) in [7, 11) is 3.13. The number of ether oxygens (including phenoxy) is 3. The summed E-state index contributed by atoms with van der Waals surface area (Å²) in [6.45, 7) is 0.482. The number of amides is 1. The number of H-pyrrole nitrogens is 1. The lowest BCUT2D eigenvalue weighted by molar-refractivity contribution is -0.123. The standard InChI is InChI=1S/C20H22N2O4/c1-24-15-9-16(25-2)11-17(10-15)26-13-20(23)21-8-7-14-12-22-19-6-4-3-5-18(14)19/h3-6,9-12,22H,7-8,13H2,1-2H3,(H,21,23). The number of hydrogen-bond donors (Lipinski definition) is 2. The van der Waals surface area contributed by atoms with E-state index in [9.17, 15) is 4.79 Å². The molecule has 2 N–H and O–H groups in total. The zero-order valence-corrected chi connectivity index (χ0v) is 14.9. The highest BCUT2D eigenvalue weighted by atomic mass is 16.5. The van der Waals surface area contributed by atoms with Crippen LogP contribution in [0.3, 0.4) is 0 Å². The Bertz CT molecular complexity index is 866. The Labute approximate surface area is 152 Å². The molecule has 0 atom stereocenters. The van der Waals surface area contributed by atoms with Crippen molar-refractivity contribution in [2.24, 2.45) is 0 Å². The van der Waals surface area contributed by atoms with Crippen LogP contribution in [0, 0.1) is 0 Å². The van der Waals surface area contributed by atoms with Gasteiger partial charge in [-0.25, -0.2) is 0 Å². The Morgan fingerprint density at radius 1 is 1.04 bits per heavy atom. The van der Waals surface area contributed by atoms with Crippen molar-refractivity contribution in [1.82, 2.24) is 10.3 Å². The largest absolute Gasteiger partial charge is 0.496 e. The van der Waals surface area contributed by atoms with Crippen molar-refractivity contribution in [3.8, 4) is 17.2 Å². The average molecular weight is 354 g/mol. The highest BCUT2D eigenvalue weighted by Crippen LogP contribution is 2.27. The molecule has 0 radical (unpaired) electrons. The molecule has 3 rings (SSSR count). The maximum absolute atomic E-state index is 12.0. The summed E-state index contributed by atoms with van der Waals surface area (Å²) < 4.78 is 15.9. The molecule has 6 nitrogen and oxygen atoms in total. The monoisotopic (exact) mass is 354 g/mol. The number of carbonyl (C=O) groups excluding carboxylic acids is 1. The number of nitrogens with one attached hydrogen (secondary N) is 2. The molecule has 0 aliphatic carbocycles. The zero-order valence-electron chi connectivity index (χ0n) is 14.9. The summed E-state index contributed by atoms with van der Waals surface area (Å²) in [5, 5.41) is 4.05. The van der Waals surface area contributed by atoms with Crippen LogP contribution in [0.4, 0.5) is 0 Å². The lowest BCUT2D eigenvalue weighted by atomic mass is 10.1. The first-order valence-corrected chi connectivity index (χ1v) is 8.37. The molecule has 0 aliphatic heterocycles. The number of benzene rings is 2. The topological polar surface area (TPSA) is 72.6 Å². The SMILES string of the molecule is COc1cc(OC)cc(OCC(=O)NCCc2c[nH]c3ccccc23)c1. The molecule has 0 bridgehead atoms. The number of hydrogen-bond acceptors (Lipinski definition) is 4. The molecule has 0 spiro atoms. The van der Waals surface area contributed by atoms with Gasteiger partial charge in [0.1, 0.15) is 17.2 Å². The Hall–Kier alpha value is -3.15. The molecule has 2 aromatic carbocycles. The summed E-state index contributed by atoms with van der Waals surface area (Å²) >= 11 is 0. The molecule has 26 heavy (non-hydrogen) atoms. The predicted molar refractivity (Wildman–Crippen MR) is 100 cm³/mol. The minimum absolute atomic E-state index is 0.0653. The lowest BCUT2D eigenvalue weighted by Gasteiger charge is -2.10. The van der Waals surface area contributed by atoms with E-state index in [2.05, 4.69) is 16.4 Å². The van der Waals surface area contributed by atoms with Crippen molar-refractivity contribution in [3.05, 3.63) is 54.2 Å². The Balaban J connectivity index is 1.49. The first-order chi connectivity index (χ1) is 12.7. The van der Waals surface area contributed by atoms with Crippen LogP contribution in [0.25, 0.3) is 10.9 Å². The quantitative estimate of drug-likeness (QED) is 0.652. The van der Waals surface area contributed by atoms with E-state index in [4.69, 9.17) is 14.2 Å². The molecule has 6 heteroatoms. The van der Waals surface area contributed by atoms with E-state index < -0.39 is 0 Å². The van der Waals surface area contributed by atoms with Crippen LogP contribution in [0.1, 0.15) is 5.56 Å². The Kier molecular flexibility index (Phi) is 5.63. The first-order valence-electron chi connectivity index (χ1n) is 8.37. The van der Waals surface area contributed by atoms with Crippen molar-refractivity contribution in [2.45, 2.75) is 6.42 Å². The van der Waals surface area contributed by atoms with E-state index in [-0.39, 0.29) is 12.5 Å². The number of rotatable bonds is 8. The van der Waals surface area contributed by atoms with Crippen LogP contribution in [0.15, 0.2) is 48.7 Å². The number of para-hydroxylation sites is 1. The molecule has 1 aromatic heterocycles. The predicted octanol–water partition coefficient (Wildman–Crippen LogP) is 2.92. The van der Waals surface area contributed by atoms with E-state index in [1.807, 2.05) is 24.4 Å². The third kappa shape index (κ3) is 4.27. The molecule has 0 fully saturated rings. The second-order valence-electron chi connectivity index (χ2n) is 5.80. The summed E-state index contributed by atoms with van der Waals surface area (Å²) in [5.74, 6) is 1.57. The van der Waals surface area contributed by atoms with E-state index >= 15 is 0 Å². The van der Waals surface area contributed by atoms with E-state index in [0.717, 1.165) is 11.9 Å². The van der Waals surface area contributed by atoms with Crippen molar-refractivity contribution >= 4 is 16.8 Å². The van der Waals surface area contributed by atoms with Gasteiger partial charge < -0.3 is 24.5 Å². The maximum atomic E-state index is 12.0. The second kappa shape index (κ2) is 8.29. The summed E-state index contributed by atoms with van der Waals surface area (Å²) in [6, 6.07) is 13.3. The van der Waals surface area contributed by atoms with Gasteiger partial charge in [0.25, 0.3) is 5.91 Å². The van der Waals surface area contributed by atoms with E-state index in [1.165, 1.54) is 10.9 Å². The van der Waals surface area contributed by atoms with Gasteiger partial charge in [0.2, 0.25) is 0 Å². The van der Waals surface area contributed by atoms with Gasteiger partial charge in [0.15, 0.2) is 6.61 Å². The van der Waals surface area contributed by atoms with Gasteiger partial charge in [-0.2, -0.15) is 0 Å². The van der Waals surface area contributed by atoms with Gasteiger partial charge in [0.05, 0.1) is 14.2 Å². The first kappa shape index (κ1) is 17.7. The van der Waals surface area contributed by atoms with Crippen LogP contribution in [-0.2, 0) is 11.2 Å². The van der Waals surface area contributed by atoms with Gasteiger partial charge in [-0.1, -0.05) is 18.2 Å². The molecule has 3 aromatic rings. The van der Waals surface area contributed by atoms with E-state index in [0.29, 0.717) is 23.8 Å². The van der Waals surface area contributed by atoms with Gasteiger partial charge >= 0.3 is 0 Å². The summed E-state index contributed by atoms with van der Waals surface area (Å²) in [5.41, 5.74) is 2.28. The Morgan fingerprint density at radius 2 is 1.73 bits per heavy atom.